The number of carbonyl (C=O) groups excluding carboxylic acids is 1. The number of phenols is 1. The highest BCUT2D eigenvalue weighted by Crippen LogP contribution is 2.11. The standard InChI is InChI=1S/C15H22N2O4/c1-10(15(20)21)3-2-8-17-14(19)13(16)9-11-4-6-12(18)7-5-11/h4-7,10,13,18H,2-3,8-9,16H2,1H3,(H,17,19)(H,20,21)/t10?,13-/m0/s1. The maximum absolute atomic E-state index is 11.8. The fourth-order valence-electron chi connectivity index (χ4n) is 1.85. The molecule has 0 radical (unpaired) electrons. The summed E-state index contributed by atoms with van der Waals surface area (Å²) in [4.78, 5) is 22.4. The van der Waals surface area contributed by atoms with Crippen LogP contribution in [0.15, 0.2) is 24.3 Å². The summed E-state index contributed by atoms with van der Waals surface area (Å²) in [6, 6.07) is 5.88. The highest BCUT2D eigenvalue weighted by Gasteiger charge is 2.14. The number of aromatic hydroxyl groups is 1. The lowest BCUT2D eigenvalue weighted by molar-refractivity contribution is -0.141. The van der Waals surface area contributed by atoms with Crippen LogP contribution in [0.2, 0.25) is 0 Å². The average Bonchev–Trinajstić information content (AvgIpc) is 2.45. The van der Waals surface area contributed by atoms with E-state index >= 15 is 0 Å². The first kappa shape index (κ1) is 17.0. The third kappa shape index (κ3) is 6.27. The van der Waals surface area contributed by atoms with E-state index < -0.39 is 17.9 Å². The number of carboxylic acids is 1. The molecule has 6 heteroatoms. The van der Waals surface area contributed by atoms with Gasteiger partial charge in [-0.1, -0.05) is 19.1 Å². The van der Waals surface area contributed by atoms with E-state index in [4.69, 9.17) is 10.8 Å². The van der Waals surface area contributed by atoms with Crippen molar-refractivity contribution in [1.82, 2.24) is 5.32 Å². The normalized spacial score (nSPS) is 13.4. The third-order valence-electron chi connectivity index (χ3n) is 3.26. The van der Waals surface area contributed by atoms with Crippen molar-refractivity contribution in [2.75, 3.05) is 6.54 Å². The zero-order chi connectivity index (χ0) is 15.8. The minimum Gasteiger partial charge on any atom is -0.508 e. The summed E-state index contributed by atoms with van der Waals surface area (Å²) in [7, 11) is 0. The van der Waals surface area contributed by atoms with Crippen molar-refractivity contribution in [3.63, 3.8) is 0 Å². The Morgan fingerprint density at radius 1 is 1.29 bits per heavy atom. The van der Waals surface area contributed by atoms with Gasteiger partial charge in [0.1, 0.15) is 5.75 Å². The molecule has 1 unspecified atom stereocenters. The first-order chi connectivity index (χ1) is 9.90. The zero-order valence-electron chi connectivity index (χ0n) is 12.1. The predicted molar refractivity (Wildman–Crippen MR) is 78.8 cm³/mol. The van der Waals surface area contributed by atoms with E-state index in [9.17, 15) is 14.7 Å². The van der Waals surface area contributed by atoms with Gasteiger partial charge in [-0.15, -0.1) is 0 Å². The summed E-state index contributed by atoms with van der Waals surface area (Å²) in [5.41, 5.74) is 6.68. The Morgan fingerprint density at radius 2 is 1.90 bits per heavy atom. The minimum atomic E-state index is -0.828. The summed E-state index contributed by atoms with van der Waals surface area (Å²) >= 11 is 0. The number of nitrogens with two attached hydrogens (primary N) is 1. The molecular formula is C15H22N2O4. The molecule has 0 spiro atoms. The lowest BCUT2D eigenvalue weighted by atomic mass is 10.0. The topological polar surface area (TPSA) is 113 Å². The van der Waals surface area contributed by atoms with Crippen LogP contribution in [0.25, 0.3) is 0 Å². The summed E-state index contributed by atoms with van der Waals surface area (Å²) < 4.78 is 0. The Balaban J connectivity index is 2.28. The lowest BCUT2D eigenvalue weighted by Gasteiger charge is -2.13. The smallest absolute Gasteiger partial charge is 0.306 e. The van der Waals surface area contributed by atoms with Gasteiger partial charge in [0.15, 0.2) is 0 Å². The van der Waals surface area contributed by atoms with Crippen molar-refractivity contribution in [3.05, 3.63) is 29.8 Å². The maximum atomic E-state index is 11.8. The summed E-state index contributed by atoms with van der Waals surface area (Å²) in [6.45, 7) is 2.06. The number of amides is 1. The number of benzene rings is 1. The minimum absolute atomic E-state index is 0.171. The number of aliphatic carboxylic acids is 1. The number of hydrogen-bond acceptors (Lipinski definition) is 4. The molecule has 21 heavy (non-hydrogen) atoms. The van der Waals surface area contributed by atoms with Crippen molar-refractivity contribution in [2.24, 2.45) is 11.7 Å². The summed E-state index contributed by atoms with van der Waals surface area (Å²) in [5, 5.41) is 20.6. The van der Waals surface area contributed by atoms with E-state index in [0.29, 0.717) is 25.8 Å². The molecule has 1 rings (SSSR count). The number of carbonyl (C=O) groups is 2. The highest BCUT2D eigenvalue weighted by atomic mass is 16.4. The van der Waals surface area contributed by atoms with Gasteiger partial charge in [-0.2, -0.15) is 0 Å². The van der Waals surface area contributed by atoms with Gasteiger partial charge in [0, 0.05) is 6.54 Å². The molecular weight excluding hydrogens is 272 g/mol. The highest BCUT2D eigenvalue weighted by molar-refractivity contribution is 5.81. The van der Waals surface area contributed by atoms with Crippen LogP contribution in [0.3, 0.4) is 0 Å². The molecule has 0 aliphatic rings. The number of nitrogens with one attached hydrogen (secondary N) is 1. The van der Waals surface area contributed by atoms with Crippen molar-refractivity contribution in [1.29, 1.82) is 0 Å². The van der Waals surface area contributed by atoms with Crippen LogP contribution in [0.5, 0.6) is 5.75 Å². The second kappa shape index (κ2) is 8.26. The first-order valence-corrected chi connectivity index (χ1v) is 6.94. The van der Waals surface area contributed by atoms with Crippen LogP contribution < -0.4 is 11.1 Å². The van der Waals surface area contributed by atoms with Gasteiger partial charge < -0.3 is 21.3 Å². The molecule has 116 valence electrons. The predicted octanol–water partition coefficient (Wildman–Crippen LogP) is 0.879. The lowest BCUT2D eigenvalue weighted by Crippen LogP contribution is -2.42. The monoisotopic (exact) mass is 294 g/mol. The molecule has 1 aromatic rings. The summed E-state index contributed by atoms with van der Waals surface area (Å²) in [6.07, 6.45) is 1.51. The molecule has 0 aliphatic carbocycles. The van der Waals surface area contributed by atoms with E-state index in [1.807, 2.05) is 0 Å². The van der Waals surface area contributed by atoms with Gasteiger partial charge in [-0.25, -0.2) is 0 Å². The molecule has 0 heterocycles. The molecule has 1 amide bonds. The van der Waals surface area contributed by atoms with Crippen LogP contribution in [0, 0.1) is 5.92 Å². The van der Waals surface area contributed by atoms with E-state index in [0.717, 1.165) is 5.56 Å². The number of phenolic OH excluding ortho intramolecular Hbond substituents is 1. The van der Waals surface area contributed by atoms with Crippen LogP contribution in [0.4, 0.5) is 0 Å². The van der Waals surface area contributed by atoms with Crippen LogP contribution in [-0.2, 0) is 16.0 Å². The molecule has 6 nitrogen and oxygen atoms in total. The molecule has 0 bridgehead atoms. The molecule has 0 saturated carbocycles. The first-order valence-electron chi connectivity index (χ1n) is 6.94. The fourth-order valence-corrected chi connectivity index (χ4v) is 1.85. The van der Waals surface area contributed by atoms with Gasteiger partial charge in [0.25, 0.3) is 0 Å². The molecule has 5 N–H and O–H groups in total. The molecule has 0 saturated heterocycles. The third-order valence-corrected chi connectivity index (χ3v) is 3.26. The quantitative estimate of drug-likeness (QED) is 0.532. The Kier molecular flexibility index (Phi) is 6.68. The van der Waals surface area contributed by atoms with Gasteiger partial charge >= 0.3 is 5.97 Å². The van der Waals surface area contributed by atoms with E-state index in [2.05, 4.69) is 5.32 Å². The van der Waals surface area contributed by atoms with Crippen molar-refractivity contribution in [2.45, 2.75) is 32.2 Å². The number of carboxylic acid groups (broad SMARTS) is 1. The Morgan fingerprint density at radius 3 is 2.48 bits per heavy atom. The van der Waals surface area contributed by atoms with Crippen molar-refractivity contribution >= 4 is 11.9 Å². The maximum Gasteiger partial charge on any atom is 0.306 e. The second-order valence-corrected chi connectivity index (χ2v) is 5.15. The van der Waals surface area contributed by atoms with Gasteiger partial charge in [0.2, 0.25) is 5.91 Å². The average molecular weight is 294 g/mol. The molecule has 0 aliphatic heterocycles. The largest absolute Gasteiger partial charge is 0.508 e. The van der Waals surface area contributed by atoms with Gasteiger partial charge in [-0.3, -0.25) is 9.59 Å². The Hall–Kier alpha value is -2.08. The Labute approximate surface area is 124 Å². The summed E-state index contributed by atoms with van der Waals surface area (Å²) in [5.74, 6) is -1.33. The van der Waals surface area contributed by atoms with Crippen LogP contribution >= 0.6 is 0 Å². The van der Waals surface area contributed by atoms with Gasteiger partial charge in [-0.05, 0) is 37.0 Å². The molecule has 0 fully saturated rings. The number of rotatable bonds is 8. The zero-order valence-corrected chi connectivity index (χ0v) is 12.1. The van der Waals surface area contributed by atoms with E-state index in [-0.39, 0.29) is 11.7 Å². The van der Waals surface area contributed by atoms with Crippen LogP contribution in [0.1, 0.15) is 25.3 Å². The van der Waals surface area contributed by atoms with Crippen molar-refractivity contribution in [3.8, 4) is 5.75 Å². The fraction of sp³-hybridized carbons (Fsp3) is 0.467. The Bertz CT molecular complexity index is 473. The van der Waals surface area contributed by atoms with Crippen molar-refractivity contribution < 1.29 is 19.8 Å². The molecule has 1 aromatic carbocycles. The number of hydrogen-bond donors (Lipinski definition) is 4. The SMILES string of the molecule is CC(CCCNC(=O)[C@@H](N)Cc1ccc(O)cc1)C(=O)O. The van der Waals surface area contributed by atoms with E-state index in [1.54, 1.807) is 31.2 Å². The molecule has 2 atom stereocenters. The van der Waals surface area contributed by atoms with Crippen LogP contribution in [-0.4, -0.2) is 34.7 Å². The second-order valence-electron chi connectivity index (χ2n) is 5.15. The molecule has 0 aromatic heterocycles. The van der Waals surface area contributed by atoms with Gasteiger partial charge in [0.05, 0.1) is 12.0 Å². The van der Waals surface area contributed by atoms with E-state index in [1.165, 1.54) is 0 Å².